The molecule has 1 N–H and O–H groups in total. The lowest BCUT2D eigenvalue weighted by Crippen LogP contribution is -2.38. The zero-order chi connectivity index (χ0) is 15.5. The molecule has 1 aromatic rings. The molecule has 5 heteroatoms. The van der Waals surface area contributed by atoms with Crippen molar-refractivity contribution in [2.24, 2.45) is 11.3 Å². The largest absolute Gasteiger partial charge is 0.377 e. The number of aryl methyl sites for hydroxylation is 1. The van der Waals surface area contributed by atoms with Gasteiger partial charge in [-0.1, -0.05) is 27.7 Å². The molecule has 1 fully saturated rings. The number of nitrogens with one attached hydrogen (secondary N) is 1. The van der Waals surface area contributed by atoms with Gasteiger partial charge in [-0.15, -0.1) is 0 Å². The molecular formula is C16H27N3O2. The third kappa shape index (κ3) is 4.06. The lowest BCUT2D eigenvalue weighted by molar-refractivity contribution is 0.00737. The molecule has 1 aliphatic heterocycles. The quantitative estimate of drug-likeness (QED) is 0.907. The molecule has 1 amide bonds. The highest BCUT2D eigenvalue weighted by atomic mass is 16.5. The van der Waals surface area contributed by atoms with Crippen molar-refractivity contribution in [1.29, 1.82) is 0 Å². The van der Waals surface area contributed by atoms with Gasteiger partial charge in [0.25, 0.3) is 5.91 Å². The third-order valence-electron chi connectivity index (χ3n) is 3.94. The maximum absolute atomic E-state index is 12.2. The van der Waals surface area contributed by atoms with Crippen LogP contribution in [-0.4, -0.2) is 34.9 Å². The molecule has 5 nitrogen and oxygen atoms in total. The Kier molecular flexibility index (Phi) is 5.04. The van der Waals surface area contributed by atoms with Gasteiger partial charge in [-0.2, -0.15) is 5.10 Å². The first kappa shape index (κ1) is 16.0. The number of amides is 1. The lowest BCUT2D eigenvalue weighted by Gasteiger charge is -2.31. The fraction of sp³-hybridized carbons (Fsp3) is 0.750. The van der Waals surface area contributed by atoms with Gasteiger partial charge in [-0.3, -0.25) is 9.48 Å². The molecule has 21 heavy (non-hydrogen) atoms. The van der Waals surface area contributed by atoms with E-state index in [1.165, 1.54) is 0 Å². The highest BCUT2D eigenvalue weighted by molar-refractivity contribution is 5.93. The van der Waals surface area contributed by atoms with E-state index in [2.05, 4.69) is 38.1 Å². The first-order chi connectivity index (χ1) is 9.91. The summed E-state index contributed by atoms with van der Waals surface area (Å²) in [5, 5.41) is 7.22. The normalized spacial score (nSPS) is 22.5. The fourth-order valence-corrected chi connectivity index (χ4v) is 2.96. The smallest absolute Gasteiger partial charge is 0.254 e. The zero-order valence-electron chi connectivity index (χ0n) is 13.6. The van der Waals surface area contributed by atoms with Gasteiger partial charge in [0.15, 0.2) is 0 Å². The lowest BCUT2D eigenvalue weighted by atomic mass is 9.81. The Labute approximate surface area is 127 Å². The van der Waals surface area contributed by atoms with Crippen LogP contribution < -0.4 is 5.32 Å². The van der Waals surface area contributed by atoms with Gasteiger partial charge in [-0.05, 0) is 18.3 Å². The molecular weight excluding hydrogens is 266 g/mol. The van der Waals surface area contributed by atoms with Crippen LogP contribution in [0.1, 0.15) is 50.9 Å². The zero-order valence-corrected chi connectivity index (χ0v) is 13.6. The summed E-state index contributed by atoms with van der Waals surface area (Å²) in [6.45, 7) is 11.0. The van der Waals surface area contributed by atoms with Gasteiger partial charge >= 0.3 is 0 Å². The Bertz CT molecular complexity index is 476. The van der Waals surface area contributed by atoms with Crippen LogP contribution >= 0.6 is 0 Å². The highest BCUT2D eigenvalue weighted by Crippen LogP contribution is 2.34. The maximum Gasteiger partial charge on any atom is 0.254 e. The Hall–Kier alpha value is -1.36. The van der Waals surface area contributed by atoms with Crippen molar-refractivity contribution in [2.45, 2.75) is 53.2 Å². The summed E-state index contributed by atoms with van der Waals surface area (Å²) >= 11 is 0. The molecule has 2 heterocycles. The third-order valence-corrected chi connectivity index (χ3v) is 3.94. The van der Waals surface area contributed by atoms with Gasteiger partial charge in [0, 0.05) is 31.8 Å². The second-order valence-corrected chi connectivity index (χ2v) is 6.91. The van der Waals surface area contributed by atoms with Gasteiger partial charge in [0.1, 0.15) is 0 Å². The summed E-state index contributed by atoms with van der Waals surface area (Å²) < 4.78 is 7.65. The van der Waals surface area contributed by atoms with Crippen LogP contribution in [0.2, 0.25) is 0 Å². The van der Waals surface area contributed by atoms with Crippen LogP contribution in [0.5, 0.6) is 0 Å². The molecule has 0 unspecified atom stereocenters. The minimum absolute atomic E-state index is 0.0445. The van der Waals surface area contributed by atoms with Crippen molar-refractivity contribution >= 4 is 5.91 Å². The summed E-state index contributed by atoms with van der Waals surface area (Å²) in [6.07, 6.45) is 5.68. The fourth-order valence-electron chi connectivity index (χ4n) is 2.96. The second-order valence-electron chi connectivity index (χ2n) is 6.91. The molecule has 0 saturated carbocycles. The second kappa shape index (κ2) is 6.60. The molecule has 2 rings (SSSR count). The monoisotopic (exact) mass is 293 g/mol. The number of nitrogens with zero attached hydrogens (tertiary/aromatic N) is 2. The number of aromatic nitrogens is 2. The summed E-state index contributed by atoms with van der Waals surface area (Å²) in [5.41, 5.74) is 0.743. The topological polar surface area (TPSA) is 56.2 Å². The van der Waals surface area contributed by atoms with Crippen molar-refractivity contribution in [3.63, 3.8) is 0 Å². The van der Waals surface area contributed by atoms with Crippen LogP contribution in [0.15, 0.2) is 12.4 Å². The molecule has 0 bridgehead atoms. The molecule has 1 aromatic heterocycles. The molecule has 1 aliphatic rings. The van der Waals surface area contributed by atoms with Crippen LogP contribution in [0.25, 0.3) is 0 Å². The maximum atomic E-state index is 12.2. The molecule has 1 saturated heterocycles. The number of ether oxygens (including phenoxy) is 1. The van der Waals surface area contributed by atoms with E-state index in [0.717, 1.165) is 26.0 Å². The van der Waals surface area contributed by atoms with Crippen LogP contribution in [0.3, 0.4) is 0 Å². The standard InChI is InChI=1S/C16H27N3O2/c1-5-7-19-11-13(10-18-19)15(20)17-9-12-6-8-21-14(12)16(2,3)4/h10-12,14H,5-9H2,1-4H3,(H,17,20)/t12-,14+/m1/s1. The molecule has 0 aliphatic carbocycles. The molecule has 0 aromatic carbocycles. The van der Waals surface area contributed by atoms with E-state index in [0.29, 0.717) is 18.0 Å². The Morgan fingerprint density at radius 2 is 2.29 bits per heavy atom. The van der Waals surface area contributed by atoms with E-state index in [9.17, 15) is 4.79 Å². The molecule has 0 spiro atoms. The van der Waals surface area contributed by atoms with Crippen molar-refractivity contribution in [2.75, 3.05) is 13.2 Å². The summed E-state index contributed by atoms with van der Waals surface area (Å²) in [6, 6.07) is 0. The number of hydrogen-bond donors (Lipinski definition) is 1. The average molecular weight is 293 g/mol. The van der Waals surface area contributed by atoms with E-state index >= 15 is 0 Å². The number of rotatable bonds is 5. The first-order valence-corrected chi connectivity index (χ1v) is 7.84. The Morgan fingerprint density at radius 1 is 1.52 bits per heavy atom. The first-order valence-electron chi connectivity index (χ1n) is 7.84. The van der Waals surface area contributed by atoms with Gasteiger partial charge in [0.2, 0.25) is 0 Å². The SMILES string of the molecule is CCCn1cc(C(=O)NC[C@H]2CCO[C@@H]2C(C)(C)C)cn1. The number of hydrogen-bond acceptors (Lipinski definition) is 3. The summed E-state index contributed by atoms with van der Waals surface area (Å²) in [5.74, 6) is 0.344. The molecule has 2 atom stereocenters. The highest BCUT2D eigenvalue weighted by Gasteiger charge is 2.37. The van der Waals surface area contributed by atoms with Crippen molar-refractivity contribution in [1.82, 2.24) is 15.1 Å². The van der Waals surface area contributed by atoms with Crippen molar-refractivity contribution < 1.29 is 9.53 Å². The van der Waals surface area contributed by atoms with E-state index in [-0.39, 0.29) is 17.4 Å². The van der Waals surface area contributed by atoms with Crippen LogP contribution in [-0.2, 0) is 11.3 Å². The average Bonchev–Trinajstić information content (AvgIpc) is 3.04. The van der Waals surface area contributed by atoms with Crippen LogP contribution in [0.4, 0.5) is 0 Å². The predicted molar refractivity (Wildman–Crippen MR) is 82.2 cm³/mol. The van der Waals surface area contributed by atoms with Gasteiger partial charge in [-0.25, -0.2) is 0 Å². The van der Waals surface area contributed by atoms with Crippen molar-refractivity contribution in [3.05, 3.63) is 18.0 Å². The molecule has 0 radical (unpaired) electrons. The van der Waals surface area contributed by atoms with Gasteiger partial charge in [0.05, 0.1) is 17.9 Å². The predicted octanol–water partition coefficient (Wildman–Crippen LogP) is 2.47. The minimum atomic E-state index is -0.0445. The Morgan fingerprint density at radius 3 is 2.95 bits per heavy atom. The van der Waals surface area contributed by atoms with E-state index < -0.39 is 0 Å². The summed E-state index contributed by atoms with van der Waals surface area (Å²) in [7, 11) is 0. The van der Waals surface area contributed by atoms with Crippen LogP contribution in [0, 0.1) is 11.3 Å². The van der Waals surface area contributed by atoms with E-state index in [1.807, 2.05) is 10.9 Å². The molecule has 118 valence electrons. The van der Waals surface area contributed by atoms with E-state index in [1.54, 1.807) is 6.20 Å². The van der Waals surface area contributed by atoms with Crippen molar-refractivity contribution in [3.8, 4) is 0 Å². The number of carbonyl (C=O) groups excluding carboxylic acids is 1. The minimum Gasteiger partial charge on any atom is -0.377 e. The summed E-state index contributed by atoms with van der Waals surface area (Å²) in [4.78, 5) is 12.2. The van der Waals surface area contributed by atoms with Gasteiger partial charge < -0.3 is 10.1 Å². The van der Waals surface area contributed by atoms with E-state index in [4.69, 9.17) is 4.74 Å². The number of carbonyl (C=O) groups is 1. The Balaban J connectivity index is 1.88.